The normalized spacial score (nSPS) is 46.6. The van der Waals surface area contributed by atoms with Gasteiger partial charge in [0.05, 0.1) is 55.2 Å². The number of carbonyl (C=O) groups excluding carboxylic acids is 3. The fourth-order valence-electron chi connectivity index (χ4n) is 8.55. The fraction of sp³-hybridized carbons (Fsp3) is 0.917. The lowest BCUT2D eigenvalue weighted by Crippen LogP contribution is -2.61. The third-order valence-electron chi connectivity index (χ3n) is 11.2. The molecule has 276 valence electrons. The van der Waals surface area contributed by atoms with E-state index in [1.165, 1.54) is 6.92 Å². The highest BCUT2D eigenvalue weighted by Crippen LogP contribution is 2.42. The molecule has 15 atom stereocenters. The average molecular weight is 684 g/mol. The molecule has 48 heavy (non-hydrogen) atoms. The number of likely N-dealkylation sites (N-methyl/N-ethyl adjacent to an activating group) is 1. The smallest absolute Gasteiger partial charge is 0.311 e. The highest BCUT2D eigenvalue weighted by Gasteiger charge is 2.54. The Morgan fingerprint density at radius 3 is 2.35 bits per heavy atom. The summed E-state index contributed by atoms with van der Waals surface area (Å²) in [6.07, 6.45) is -3.40. The molecule has 1 unspecified atom stereocenters. The van der Waals surface area contributed by atoms with E-state index in [1.54, 1.807) is 20.8 Å². The van der Waals surface area contributed by atoms with Crippen LogP contribution in [-0.4, -0.2) is 122 Å². The number of ketones is 1. The molecule has 4 aliphatic rings. The van der Waals surface area contributed by atoms with Crippen LogP contribution in [-0.2, 0) is 47.5 Å². The van der Waals surface area contributed by atoms with Gasteiger partial charge in [0.1, 0.15) is 17.5 Å². The highest BCUT2D eigenvalue weighted by molar-refractivity contribution is 5.83. The summed E-state index contributed by atoms with van der Waals surface area (Å²) in [5, 5.41) is 12.0. The molecule has 4 heterocycles. The Labute approximate surface area is 286 Å². The van der Waals surface area contributed by atoms with E-state index in [0.29, 0.717) is 32.5 Å². The molecule has 0 aromatic carbocycles. The van der Waals surface area contributed by atoms with Gasteiger partial charge in [-0.05, 0) is 67.5 Å². The van der Waals surface area contributed by atoms with Crippen LogP contribution in [0.5, 0.6) is 0 Å². The van der Waals surface area contributed by atoms with Crippen molar-refractivity contribution in [3.05, 3.63) is 0 Å². The molecule has 0 aromatic heterocycles. The molecule has 4 rings (SSSR count). The minimum atomic E-state index is -1.63. The standard InChI is InChI=1S/C36H61NO11/c1-12-27-36(9,41)32-21(4)28(39)19(2)16-35(8)31(48-34-30(46-24(7)38)26(37(10)11)15-20(3)45-34)22(5)29(23(6)33(40)47-27)43-17-25(18-44-35)13-14-42-32/h19-23,25-27,29-32,34,41H,12-18H2,1-11H3/t19-,20-,21+,22+,23-,25?,26+,27-,29+,30-,31-,32-,34+,35+,36-/m1/s1. The van der Waals surface area contributed by atoms with Gasteiger partial charge in [0.2, 0.25) is 0 Å². The summed E-state index contributed by atoms with van der Waals surface area (Å²) >= 11 is 0. The van der Waals surface area contributed by atoms with Crippen LogP contribution >= 0.6 is 0 Å². The largest absolute Gasteiger partial charge is 0.459 e. The van der Waals surface area contributed by atoms with Crippen LogP contribution in [0, 0.1) is 29.6 Å². The van der Waals surface area contributed by atoms with Gasteiger partial charge in [0.25, 0.3) is 0 Å². The Hall–Kier alpha value is -1.67. The Morgan fingerprint density at radius 1 is 1.04 bits per heavy atom. The van der Waals surface area contributed by atoms with Crippen molar-refractivity contribution < 1.29 is 52.6 Å². The first-order chi connectivity index (χ1) is 22.4. The number of nitrogens with zero attached hydrogens (tertiary/aromatic N) is 1. The summed E-state index contributed by atoms with van der Waals surface area (Å²) in [5.41, 5.74) is -2.69. The van der Waals surface area contributed by atoms with E-state index >= 15 is 0 Å². The fourth-order valence-corrected chi connectivity index (χ4v) is 8.55. The van der Waals surface area contributed by atoms with Gasteiger partial charge >= 0.3 is 11.9 Å². The van der Waals surface area contributed by atoms with Crippen molar-refractivity contribution >= 4 is 17.7 Å². The summed E-state index contributed by atoms with van der Waals surface area (Å²) in [4.78, 5) is 42.6. The SMILES string of the molecule is CC[C@H]1OC(=O)[C@H](C)[C@H]2OCC3CCO[C@H]([C@@H](C)C(=O)[C@H](C)C[C@](C)(OC3)[C@H](O[C@@H]3O[C@H](C)C[C@H](N(C)C)[C@H]3OC(C)=O)[C@H]2C)[C@]1(C)O. The van der Waals surface area contributed by atoms with Gasteiger partial charge in [-0.2, -0.15) is 0 Å². The predicted octanol–water partition coefficient (Wildman–Crippen LogP) is 3.54. The van der Waals surface area contributed by atoms with Gasteiger partial charge in [-0.1, -0.05) is 27.7 Å². The minimum absolute atomic E-state index is 0.0964. The van der Waals surface area contributed by atoms with Crippen LogP contribution in [0.1, 0.15) is 88.0 Å². The van der Waals surface area contributed by atoms with Crippen LogP contribution in [0.4, 0.5) is 0 Å². The van der Waals surface area contributed by atoms with Gasteiger partial charge in [-0.3, -0.25) is 14.4 Å². The molecule has 1 N–H and O–H groups in total. The number of hydrogen-bond donors (Lipinski definition) is 1. The Bertz CT molecular complexity index is 1130. The number of esters is 2. The molecule has 0 radical (unpaired) electrons. The van der Waals surface area contributed by atoms with Crippen molar-refractivity contribution in [1.82, 2.24) is 4.90 Å². The lowest BCUT2D eigenvalue weighted by molar-refractivity contribution is -0.305. The van der Waals surface area contributed by atoms with Crippen molar-refractivity contribution in [3.8, 4) is 0 Å². The van der Waals surface area contributed by atoms with Crippen LogP contribution in [0.2, 0.25) is 0 Å². The first-order valence-corrected chi connectivity index (χ1v) is 17.9. The van der Waals surface area contributed by atoms with Crippen LogP contribution < -0.4 is 0 Å². The lowest BCUT2D eigenvalue weighted by atomic mass is 9.73. The van der Waals surface area contributed by atoms with Gasteiger partial charge < -0.3 is 43.2 Å². The second-order valence-corrected chi connectivity index (χ2v) is 15.6. The Balaban J connectivity index is 1.89. The molecule has 0 amide bonds. The molecule has 4 bridgehead atoms. The van der Waals surface area contributed by atoms with Crippen molar-refractivity contribution in [2.24, 2.45) is 29.6 Å². The van der Waals surface area contributed by atoms with Crippen molar-refractivity contribution in [2.45, 2.75) is 148 Å². The van der Waals surface area contributed by atoms with Gasteiger partial charge in [0, 0.05) is 37.2 Å². The molecule has 4 fully saturated rings. The number of Topliss-reactive ketones (excluding diaryl/α,β-unsaturated/α-hetero) is 1. The van der Waals surface area contributed by atoms with E-state index < -0.39 is 83.6 Å². The number of fused-ring (bicyclic) bond motifs is 7. The first kappa shape index (κ1) is 39.1. The zero-order valence-electron chi connectivity index (χ0n) is 30.9. The monoisotopic (exact) mass is 683 g/mol. The van der Waals surface area contributed by atoms with E-state index in [-0.39, 0.29) is 36.9 Å². The number of hydrogen-bond acceptors (Lipinski definition) is 12. The molecule has 0 aromatic rings. The van der Waals surface area contributed by atoms with Crippen molar-refractivity contribution in [3.63, 3.8) is 0 Å². The second-order valence-electron chi connectivity index (χ2n) is 15.6. The lowest BCUT2D eigenvalue weighted by Gasteiger charge is -2.49. The zero-order chi connectivity index (χ0) is 35.7. The molecule has 0 aliphatic carbocycles. The maximum Gasteiger partial charge on any atom is 0.311 e. The van der Waals surface area contributed by atoms with Crippen LogP contribution in [0.3, 0.4) is 0 Å². The Morgan fingerprint density at radius 2 is 1.73 bits per heavy atom. The van der Waals surface area contributed by atoms with E-state index in [9.17, 15) is 19.5 Å². The van der Waals surface area contributed by atoms with Crippen LogP contribution in [0.15, 0.2) is 0 Å². The molecule has 0 saturated carbocycles. The van der Waals surface area contributed by atoms with Crippen LogP contribution in [0.25, 0.3) is 0 Å². The van der Waals surface area contributed by atoms with E-state index in [0.717, 1.165) is 0 Å². The molecule has 4 aliphatic heterocycles. The topological polar surface area (TPSA) is 139 Å². The number of cyclic esters (lactones) is 1. The third kappa shape index (κ3) is 8.27. The molecular formula is C36H61NO11. The quantitative estimate of drug-likeness (QED) is 0.424. The highest BCUT2D eigenvalue weighted by atomic mass is 16.7. The predicted molar refractivity (Wildman–Crippen MR) is 176 cm³/mol. The van der Waals surface area contributed by atoms with Gasteiger partial charge in [0.15, 0.2) is 12.4 Å². The molecule has 12 nitrogen and oxygen atoms in total. The number of ether oxygens (including phenoxy) is 7. The van der Waals surface area contributed by atoms with E-state index in [2.05, 4.69) is 0 Å². The van der Waals surface area contributed by atoms with E-state index in [1.807, 2.05) is 53.6 Å². The summed E-state index contributed by atoms with van der Waals surface area (Å²) < 4.78 is 45.2. The number of aliphatic hydroxyl groups is 1. The number of carbonyl (C=O) groups is 3. The minimum Gasteiger partial charge on any atom is -0.459 e. The van der Waals surface area contributed by atoms with E-state index in [4.69, 9.17) is 33.2 Å². The summed E-state index contributed by atoms with van der Waals surface area (Å²) in [6.45, 7) is 17.0. The average Bonchev–Trinajstić information content (AvgIpc) is 3.05. The maximum absolute atomic E-state index is 14.3. The summed E-state index contributed by atoms with van der Waals surface area (Å²) in [6, 6.07) is -0.181. The summed E-state index contributed by atoms with van der Waals surface area (Å²) in [5.74, 6) is -3.63. The van der Waals surface area contributed by atoms with Gasteiger partial charge in [-0.25, -0.2) is 0 Å². The van der Waals surface area contributed by atoms with Crippen molar-refractivity contribution in [2.75, 3.05) is 33.9 Å². The molecule has 0 spiro atoms. The maximum atomic E-state index is 14.3. The molecule has 12 heteroatoms. The Kier molecular flexibility index (Phi) is 12.8. The molecular weight excluding hydrogens is 622 g/mol. The zero-order valence-corrected chi connectivity index (χ0v) is 30.9. The summed E-state index contributed by atoms with van der Waals surface area (Å²) in [7, 11) is 3.87. The third-order valence-corrected chi connectivity index (χ3v) is 11.2. The van der Waals surface area contributed by atoms with Gasteiger partial charge in [-0.15, -0.1) is 0 Å². The molecule has 4 saturated heterocycles. The second kappa shape index (κ2) is 15.7. The first-order valence-electron chi connectivity index (χ1n) is 17.9. The number of rotatable bonds is 5. The van der Waals surface area contributed by atoms with Crippen molar-refractivity contribution in [1.29, 1.82) is 0 Å².